The molecular formula is C11H24N2. The van der Waals surface area contributed by atoms with E-state index in [1.807, 2.05) is 0 Å². The van der Waals surface area contributed by atoms with Crippen molar-refractivity contribution >= 4 is 0 Å². The van der Waals surface area contributed by atoms with Crippen molar-refractivity contribution in [1.29, 1.82) is 0 Å². The summed E-state index contributed by atoms with van der Waals surface area (Å²) in [5, 5.41) is 3.58. The first-order chi connectivity index (χ1) is 6.20. The van der Waals surface area contributed by atoms with E-state index in [0.717, 1.165) is 12.6 Å². The van der Waals surface area contributed by atoms with Gasteiger partial charge in [0.25, 0.3) is 0 Å². The Morgan fingerprint density at radius 1 is 1.23 bits per heavy atom. The summed E-state index contributed by atoms with van der Waals surface area (Å²) in [6, 6.07) is 1.07. The van der Waals surface area contributed by atoms with E-state index in [4.69, 9.17) is 5.73 Å². The van der Waals surface area contributed by atoms with Crippen LogP contribution in [0.1, 0.15) is 46.0 Å². The van der Waals surface area contributed by atoms with E-state index in [1.165, 1.54) is 32.1 Å². The fourth-order valence-electron chi connectivity index (χ4n) is 1.85. The van der Waals surface area contributed by atoms with Crippen molar-refractivity contribution < 1.29 is 0 Å². The molecule has 0 spiro atoms. The van der Waals surface area contributed by atoms with E-state index in [9.17, 15) is 0 Å². The number of nitrogens with one attached hydrogen (secondary N) is 1. The van der Waals surface area contributed by atoms with Crippen molar-refractivity contribution in [3.05, 3.63) is 0 Å². The van der Waals surface area contributed by atoms with Crippen molar-refractivity contribution in [2.24, 2.45) is 11.7 Å². The largest absolute Gasteiger partial charge is 0.326 e. The molecule has 1 atom stereocenters. The Labute approximate surface area is 82.3 Å². The summed E-state index contributed by atoms with van der Waals surface area (Å²) in [6.07, 6.45) is 6.92. The standard InChI is InChI=1S/C11H24N2/c1-9(2)11(12)8-13-10-6-4-3-5-7-10/h9-11,13H,3-8,12H2,1-2H3. The van der Waals surface area contributed by atoms with Gasteiger partial charge >= 0.3 is 0 Å². The van der Waals surface area contributed by atoms with Crippen LogP contribution < -0.4 is 11.1 Å². The third-order valence-electron chi connectivity index (χ3n) is 3.10. The van der Waals surface area contributed by atoms with Crippen LogP contribution in [0.15, 0.2) is 0 Å². The van der Waals surface area contributed by atoms with Crippen molar-refractivity contribution in [3.63, 3.8) is 0 Å². The molecule has 3 N–H and O–H groups in total. The zero-order valence-corrected chi connectivity index (χ0v) is 9.05. The van der Waals surface area contributed by atoms with E-state index in [1.54, 1.807) is 0 Å². The first-order valence-corrected chi connectivity index (χ1v) is 5.69. The molecule has 0 aliphatic heterocycles. The Kier molecular flexibility index (Phi) is 4.74. The Hall–Kier alpha value is -0.0800. The molecule has 0 bridgehead atoms. The number of hydrogen-bond donors (Lipinski definition) is 2. The van der Waals surface area contributed by atoms with Gasteiger partial charge in [-0.25, -0.2) is 0 Å². The SMILES string of the molecule is CC(C)C(N)CNC1CCCCC1. The lowest BCUT2D eigenvalue weighted by molar-refractivity contribution is 0.347. The molecule has 1 aliphatic rings. The molecule has 0 heterocycles. The Balaban J connectivity index is 2.10. The molecule has 0 radical (unpaired) electrons. The van der Waals surface area contributed by atoms with Gasteiger partial charge in [0.05, 0.1) is 0 Å². The van der Waals surface area contributed by atoms with Gasteiger partial charge in [0, 0.05) is 18.6 Å². The van der Waals surface area contributed by atoms with Crippen LogP contribution in [0, 0.1) is 5.92 Å². The van der Waals surface area contributed by atoms with Gasteiger partial charge in [-0.05, 0) is 18.8 Å². The van der Waals surface area contributed by atoms with Gasteiger partial charge in [0.15, 0.2) is 0 Å². The predicted molar refractivity (Wildman–Crippen MR) is 57.7 cm³/mol. The minimum absolute atomic E-state index is 0.321. The quantitative estimate of drug-likeness (QED) is 0.700. The zero-order valence-electron chi connectivity index (χ0n) is 9.05. The summed E-state index contributed by atoms with van der Waals surface area (Å²) in [5.41, 5.74) is 5.97. The van der Waals surface area contributed by atoms with Gasteiger partial charge < -0.3 is 11.1 Å². The molecule has 2 nitrogen and oxygen atoms in total. The lowest BCUT2D eigenvalue weighted by Crippen LogP contribution is -2.42. The van der Waals surface area contributed by atoms with Crippen molar-refractivity contribution in [2.45, 2.75) is 58.0 Å². The van der Waals surface area contributed by atoms with Crippen LogP contribution in [0.2, 0.25) is 0 Å². The fourth-order valence-corrected chi connectivity index (χ4v) is 1.85. The average Bonchev–Trinajstić information content (AvgIpc) is 2.15. The normalized spacial score (nSPS) is 22.2. The second-order valence-electron chi connectivity index (χ2n) is 4.65. The van der Waals surface area contributed by atoms with Gasteiger partial charge in [0.1, 0.15) is 0 Å². The maximum Gasteiger partial charge on any atom is 0.0188 e. The first-order valence-electron chi connectivity index (χ1n) is 5.69. The summed E-state index contributed by atoms with van der Waals surface area (Å²) in [5.74, 6) is 0.594. The molecule has 1 rings (SSSR count). The monoisotopic (exact) mass is 184 g/mol. The van der Waals surface area contributed by atoms with Gasteiger partial charge in [-0.1, -0.05) is 33.1 Å². The first kappa shape index (κ1) is 11.0. The van der Waals surface area contributed by atoms with E-state index in [0.29, 0.717) is 12.0 Å². The maximum absolute atomic E-state index is 5.97. The minimum Gasteiger partial charge on any atom is -0.326 e. The Bertz CT molecular complexity index is 128. The third-order valence-corrected chi connectivity index (χ3v) is 3.10. The topological polar surface area (TPSA) is 38.0 Å². The number of hydrogen-bond acceptors (Lipinski definition) is 2. The van der Waals surface area contributed by atoms with Gasteiger partial charge in [-0.3, -0.25) is 0 Å². The van der Waals surface area contributed by atoms with Gasteiger partial charge in [-0.15, -0.1) is 0 Å². The molecule has 1 aliphatic carbocycles. The fraction of sp³-hybridized carbons (Fsp3) is 1.00. The highest BCUT2D eigenvalue weighted by molar-refractivity contribution is 4.76. The number of rotatable bonds is 4. The minimum atomic E-state index is 0.321. The lowest BCUT2D eigenvalue weighted by Gasteiger charge is -2.25. The molecule has 0 amide bonds. The highest BCUT2D eigenvalue weighted by Gasteiger charge is 2.14. The van der Waals surface area contributed by atoms with Crippen LogP contribution in [0.3, 0.4) is 0 Å². The molecule has 0 saturated heterocycles. The second-order valence-corrected chi connectivity index (χ2v) is 4.65. The summed E-state index contributed by atoms with van der Waals surface area (Å²) >= 11 is 0. The molecule has 1 fully saturated rings. The van der Waals surface area contributed by atoms with Gasteiger partial charge in [0.2, 0.25) is 0 Å². The van der Waals surface area contributed by atoms with Crippen LogP contribution in [-0.4, -0.2) is 18.6 Å². The number of nitrogens with two attached hydrogens (primary N) is 1. The smallest absolute Gasteiger partial charge is 0.0188 e. The highest BCUT2D eigenvalue weighted by Crippen LogP contribution is 2.17. The molecule has 2 heteroatoms. The molecule has 1 saturated carbocycles. The summed E-state index contributed by atoms with van der Waals surface area (Å²) in [7, 11) is 0. The average molecular weight is 184 g/mol. The molecule has 0 aromatic carbocycles. The van der Waals surface area contributed by atoms with Crippen LogP contribution in [0.5, 0.6) is 0 Å². The van der Waals surface area contributed by atoms with Crippen LogP contribution in [0.25, 0.3) is 0 Å². The molecule has 13 heavy (non-hydrogen) atoms. The van der Waals surface area contributed by atoms with Crippen LogP contribution in [0.4, 0.5) is 0 Å². The van der Waals surface area contributed by atoms with E-state index >= 15 is 0 Å². The maximum atomic E-state index is 5.97. The van der Waals surface area contributed by atoms with Crippen molar-refractivity contribution in [1.82, 2.24) is 5.32 Å². The summed E-state index contributed by atoms with van der Waals surface area (Å²) in [4.78, 5) is 0. The van der Waals surface area contributed by atoms with E-state index < -0.39 is 0 Å². The van der Waals surface area contributed by atoms with Crippen molar-refractivity contribution in [2.75, 3.05) is 6.54 Å². The molecule has 0 aromatic rings. The molecule has 0 aromatic heterocycles. The van der Waals surface area contributed by atoms with Crippen molar-refractivity contribution in [3.8, 4) is 0 Å². The van der Waals surface area contributed by atoms with E-state index in [2.05, 4.69) is 19.2 Å². The van der Waals surface area contributed by atoms with Gasteiger partial charge in [-0.2, -0.15) is 0 Å². The lowest BCUT2D eigenvalue weighted by atomic mass is 9.95. The predicted octanol–water partition coefficient (Wildman–Crippen LogP) is 1.89. The van der Waals surface area contributed by atoms with E-state index in [-0.39, 0.29) is 0 Å². The summed E-state index contributed by atoms with van der Waals surface area (Å²) in [6.45, 7) is 5.36. The third kappa shape index (κ3) is 4.10. The molecule has 78 valence electrons. The Morgan fingerprint density at radius 3 is 2.38 bits per heavy atom. The zero-order chi connectivity index (χ0) is 9.68. The second kappa shape index (κ2) is 5.61. The molecular weight excluding hydrogens is 160 g/mol. The Morgan fingerprint density at radius 2 is 1.85 bits per heavy atom. The van der Waals surface area contributed by atoms with Crippen LogP contribution >= 0.6 is 0 Å². The van der Waals surface area contributed by atoms with Crippen LogP contribution in [-0.2, 0) is 0 Å². The summed E-state index contributed by atoms with van der Waals surface area (Å²) < 4.78 is 0. The molecule has 1 unspecified atom stereocenters. The highest BCUT2D eigenvalue weighted by atomic mass is 14.9.